The van der Waals surface area contributed by atoms with Gasteiger partial charge < -0.3 is 31.4 Å². The Hall–Kier alpha value is -8.59. The number of nitrogens with two attached hydrogens (primary N) is 3. The van der Waals surface area contributed by atoms with Crippen LogP contribution >= 0.6 is 0 Å². The first-order valence-corrected chi connectivity index (χ1v) is 20.2. The summed E-state index contributed by atoms with van der Waals surface area (Å²) in [6.07, 6.45) is 5.68. The van der Waals surface area contributed by atoms with Gasteiger partial charge in [0, 0.05) is 23.9 Å². The molecule has 2 aromatic carbocycles. The minimum Gasteiger partial charge on any atom is -0.461 e. The van der Waals surface area contributed by atoms with Crippen molar-refractivity contribution in [3.8, 4) is 45.9 Å². The molecule has 0 spiro atoms. The zero-order valence-electron chi connectivity index (χ0n) is 32.3. The molecule has 314 valence electrons. The number of furan rings is 2. The Balaban J connectivity index is 0.000000138. The van der Waals surface area contributed by atoms with Crippen molar-refractivity contribution in [3.63, 3.8) is 0 Å². The standard InChI is InChI=1S/C17H15N11O.C9H8N6O3S.C9H11N5/c18-15-21-16(22-17-20-14(25-28(15)17)12-2-1-9-29-12)19-8-7-10-3-5-11(6-4-10)13-23-26-27-24-13;1-19(16,17)9-12-7(10)15-8(13-9)11-6(14-15)5-3-2-4-18-5;10-6-5-7-1-3-8(4-2-7)9-11-13-14-12-9/h1-6,9H,7-8H2,(H,23,24,26,27)(H3,18,19,20,21,22,25);2-4H,1H3,(H2,10,11,12,13,14);1-4H,5-6,10H2,(H,11,12,13,14). The molecule has 0 unspecified atom stereocenters. The zero-order valence-corrected chi connectivity index (χ0v) is 33.2. The summed E-state index contributed by atoms with van der Waals surface area (Å²) in [4.78, 5) is 24.5. The number of nitrogens with zero attached hydrogens (tertiary/aromatic N) is 16. The quantitative estimate of drug-likeness (QED) is 0.107. The van der Waals surface area contributed by atoms with Crippen molar-refractivity contribution in [1.29, 1.82) is 0 Å². The molecular weight excluding hydrogens is 825 g/mol. The van der Waals surface area contributed by atoms with E-state index in [-0.39, 0.29) is 23.5 Å². The number of nitrogen functional groups attached to an aromatic ring is 2. The third-order valence-corrected chi connectivity index (χ3v) is 9.35. The molecule has 0 fully saturated rings. The molecular formula is C35H34N22O4S. The second-order valence-electron chi connectivity index (χ2n) is 12.9. The number of hydrogen-bond acceptors (Lipinski definition) is 22. The Kier molecular flexibility index (Phi) is 11.5. The first-order valence-electron chi connectivity index (χ1n) is 18.3. The third-order valence-electron chi connectivity index (χ3n) is 8.51. The van der Waals surface area contributed by atoms with E-state index in [4.69, 9.17) is 26.0 Å². The van der Waals surface area contributed by atoms with E-state index in [9.17, 15) is 8.42 Å². The highest BCUT2D eigenvalue weighted by atomic mass is 32.2. The topological polar surface area (TPSA) is 371 Å². The maximum atomic E-state index is 11.4. The molecule has 0 aliphatic heterocycles. The van der Waals surface area contributed by atoms with Crippen molar-refractivity contribution in [1.82, 2.24) is 90.4 Å². The number of nitrogens with one attached hydrogen (secondary N) is 3. The Morgan fingerprint density at radius 2 is 1.16 bits per heavy atom. The number of rotatable bonds is 11. The predicted octanol–water partition coefficient (Wildman–Crippen LogP) is 1.33. The van der Waals surface area contributed by atoms with E-state index in [1.54, 1.807) is 30.5 Å². The number of hydrogen-bond donors (Lipinski definition) is 6. The van der Waals surface area contributed by atoms with Gasteiger partial charge in [0.05, 0.1) is 12.5 Å². The number of aromatic nitrogens is 18. The van der Waals surface area contributed by atoms with Gasteiger partial charge in [-0.1, -0.05) is 48.5 Å². The van der Waals surface area contributed by atoms with E-state index in [0.717, 1.165) is 40.3 Å². The van der Waals surface area contributed by atoms with Crippen LogP contribution in [0, 0.1) is 0 Å². The van der Waals surface area contributed by atoms with Gasteiger partial charge in [0.1, 0.15) is 0 Å². The number of aromatic amines is 2. The molecule has 62 heavy (non-hydrogen) atoms. The summed E-state index contributed by atoms with van der Waals surface area (Å²) < 4.78 is 35.8. The maximum absolute atomic E-state index is 11.4. The van der Waals surface area contributed by atoms with Crippen molar-refractivity contribution >= 4 is 39.2 Å². The van der Waals surface area contributed by atoms with E-state index < -0.39 is 15.0 Å². The Bertz CT molecular complexity index is 3100. The fourth-order valence-corrected chi connectivity index (χ4v) is 6.06. The summed E-state index contributed by atoms with van der Waals surface area (Å²) in [5.41, 5.74) is 21.3. The van der Waals surface area contributed by atoms with Crippen LogP contribution in [0.3, 0.4) is 0 Å². The highest BCUT2D eigenvalue weighted by Gasteiger charge is 2.19. The van der Waals surface area contributed by atoms with Crippen molar-refractivity contribution in [3.05, 3.63) is 96.4 Å². The monoisotopic (exact) mass is 858 g/mol. The van der Waals surface area contributed by atoms with Crippen molar-refractivity contribution in [2.45, 2.75) is 18.0 Å². The van der Waals surface area contributed by atoms with E-state index in [0.29, 0.717) is 53.8 Å². The summed E-state index contributed by atoms with van der Waals surface area (Å²) in [7, 11) is -3.57. The van der Waals surface area contributed by atoms with E-state index >= 15 is 0 Å². The summed E-state index contributed by atoms with van der Waals surface area (Å²) >= 11 is 0. The van der Waals surface area contributed by atoms with Gasteiger partial charge in [-0.25, -0.2) is 8.42 Å². The lowest BCUT2D eigenvalue weighted by Crippen LogP contribution is -2.12. The average Bonchev–Trinajstić information content (AvgIpc) is 4.12. The lowest BCUT2D eigenvalue weighted by molar-refractivity contribution is 0.577. The highest BCUT2D eigenvalue weighted by molar-refractivity contribution is 7.90. The van der Waals surface area contributed by atoms with Crippen LogP contribution in [-0.2, 0) is 22.7 Å². The number of fused-ring (bicyclic) bond motifs is 2. The molecule has 0 atom stereocenters. The van der Waals surface area contributed by atoms with Crippen molar-refractivity contribution in [2.24, 2.45) is 5.73 Å². The largest absolute Gasteiger partial charge is 0.461 e. The number of sulfone groups is 1. The first kappa shape index (κ1) is 40.2. The van der Waals surface area contributed by atoms with Crippen LogP contribution in [0.5, 0.6) is 0 Å². The molecule has 0 aliphatic carbocycles. The molecule has 0 aliphatic rings. The Labute approximate surface area is 348 Å². The molecule has 0 amide bonds. The van der Waals surface area contributed by atoms with Crippen LogP contribution in [0.15, 0.2) is 99.3 Å². The molecule has 0 bridgehead atoms. The Morgan fingerprint density at radius 1 is 0.645 bits per heavy atom. The second-order valence-corrected chi connectivity index (χ2v) is 14.8. The minimum absolute atomic E-state index is 0.0410. The average molecular weight is 859 g/mol. The summed E-state index contributed by atoms with van der Waals surface area (Å²) in [5.74, 6) is 3.62. The molecule has 0 saturated heterocycles. The summed E-state index contributed by atoms with van der Waals surface area (Å²) in [5, 5.41) is 38.7. The van der Waals surface area contributed by atoms with Gasteiger partial charge in [0.25, 0.3) is 16.7 Å². The number of benzene rings is 2. The van der Waals surface area contributed by atoms with E-state index in [2.05, 4.69) is 86.7 Å². The van der Waals surface area contributed by atoms with Crippen LogP contribution in [0.25, 0.3) is 57.5 Å². The van der Waals surface area contributed by atoms with Crippen LogP contribution in [0.2, 0.25) is 0 Å². The third kappa shape index (κ3) is 9.32. The summed E-state index contributed by atoms with van der Waals surface area (Å²) in [6, 6.07) is 22.8. The zero-order chi connectivity index (χ0) is 43.1. The lowest BCUT2D eigenvalue weighted by Gasteiger charge is -2.06. The minimum atomic E-state index is -3.57. The van der Waals surface area contributed by atoms with Gasteiger partial charge >= 0.3 is 0 Å². The first-order chi connectivity index (χ1) is 30.1. The normalized spacial score (nSPS) is 11.3. The van der Waals surface area contributed by atoms with Gasteiger partial charge in [0.2, 0.25) is 51.0 Å². The molecule has 9 N–H and O–H groups in total. The number of anilines is 3. The SMILES string of the molecule is CS(=O)(=O)c1nc(N)n2nc(-c3ccco3)nc2n1.NCCc1ccc(-c2nn[nH]n2)cc1.Nc1nc(NCCc2ccc(-c3nn[nH]n3)cc2)nc2nc(-c3ccco3)nn12. The molecule has 0 radical (unpaired) electrons. The Morgan fingerprint density at radius 3 is 1.63 bits per heavy atom. The van der Waals surface area contributed by atoms with E-state index in [1.807, 2.05) is 48.5 Å². The van der Waals surface area contributed by atoms with Crippen LogP contribution in [0.4, 0.5) is 17.8 Å². The van der Waals surface area contributed by atoms with Crippen LogP contribution in [-0.4, -0.2) is 118 Å². The molecule has 0 saturated carbocycles. The lowest BCUT2D eigenvalue weighted by atomic mass is 10.1. The predicted molar refractivity (Wildman–Crippen MR) is 219 cm³/mol. The van der Waals surface area contributed by atoms with Crippen molar-refractivity contribution < 1.29 is 17.3 Å². The highest BCUT2D eigenvalue weighted by Crippen LogP contribution is 2.20. The second kappa shape index (κ2) is 17.7. The molecule has 10 rings (SSSR count). The maximum Gasteiger partial charge on any atom is 0.259 e. The van der Waals surface area contributed by atoms with Crippen LogP contribution in [0.1, 0.15) is 11.1 Å². The molecule has 8 aromatic heterocycles. The smallest absolute Gasteiger partial charge is 0.259 e. The molecule has 27 heteroatoms. The van der Waals surface area contributed by atoms with Crippen molar-refractivity contribution in [2.75, 3.05) is 36.1 Å². The fraction of sp³-hybridized carbons (Fsp3) is 0.143. The van der Waals surface area contributed by atoms with Gasteiger partial charge in [-0.2, -0.15) is 49.4 Å². The van der Waals surface area contributed by atoms with Gasteiger partial charge in [0.15, 0.2) is 11.5 Å². The van der Waals surface area contributed by atoms with Crippen LogP contribution < -0.4 is 22.5 Å². The van der Waals surface area contributed by atoms with E-state index in [1.165, 1.54) is 16.3 Å². The van der Waals surface area contributed by atoms with Gasteiger partial charge in [-0.3, -0.25) is 0 Å². The fourth-order valence-electron chi connectivity index (χ4n) is 5.55. The number of tetrazole rings is 2. The van der Waals surface area contributed by atoms with Gasteiger partial charge in [-0.05, 0) is 65.2 Å². The summed E-state index contributed by atoms with van der Waals surface area (Å²) in [6.45, 7) is 1.29. The molecule has 10 aromatic rings. The van der Waals surface area contributed by atoms with Gasteiger partial charge in [-0.15, -0.1) is 30.6 Å². The molecule has 8 heterocycles. The molecule has 26 nitrogen and oxygen atoms in total. The number of H-pyrrole nitrogens is 2.